The molecule has 3 nitrogen and oxygen atoms in total. The molecule has 0 radical (unpaired) electrons. The van der Waals surface area contributed by atoms with Gasteiger partial charge in [0.15, 0.2) is 0 Å². The molecule has 0 fully saturated rings. The van der Waals surface area contributed by atoms with Crippen LogP contribution in [0.1, 0.15) is 37.5 Å². The fourth-order valence-electron chi connectivity index (χ4n) is 2.50. The monoisotopic (exact) mass is 282 g/mol. The molecule has 0 saturated carbocycles. The van der Waals surface area contributed by atoms with E-state index in [4.69, 9.17) is 5.26 Å². The lowest BCUT2D eigenvalue weighted by molar-refractivity contribution is 0.0751. The van der Waals surface area contributed by atoms with E-state index >= 15 is 0 Å². The highest BCUT2D eigenvalue weighted by molar-refractivity contribution is 7.10. The Bertz CT molecular complexity index is 739. The van der Waals surface area contributed by atoms with E-state index < -0.39 is 0 Å². The molecule has 0 N–H and O–H groups in total. The largest absolute Gasteiger partial charge is 0.330 e. The summed E-state index contributed by atoms with van der Waals surface area (Å²) >= 11 is 1.62. The van der Waals surface area contributed by atoms with Gasteiger partial charge in [-0.3, -0.25) is 4.79 Å². The molecule has 0 aliphatic carbocycles. The number of carbonyl (C=O) groups is 1. The average Bonchev–Trinajstić information content (AvgIpc) is 3.02. The van der Waals surface area contributed by atoms with Crippen molar-refractivity contribution in [3.63, 3.8) is 0 Å². The minimum atomic E-state index is 0.0848. The van der Waals surface area contributed by atoms with Gasteiger partial charge in [0.1, 0.15) is 0 Å². The fraction of sp³-hybridized carbons (Fsp3) is 0.250. The van der Waals surface area contributed by atoms with Crippen LogP contribution in [0, 0.1) is 25.2 Å². The smallest absolute Gasteiger partial charge is 0.255 e. The van der Waals surface area contributed by atoms with Gasteiger partial charge in [0.25, 0.3) is 5.91 Å². The Labute approximate surface area is 122 Å². The lowest BCUT2D eigenvalue weighted by atomic mass is 10.1. The summed E-state index contributed by atoms with van der Waals surface area (Å²) < 4.78 is 0. The van der Waals surface area contributed by atoms with Gasteiger partial charge in [-0.05, 0) is 42.7 Å². The molecular formula is C16H14N2OS. The first kappa shape index (κ1) is 12.9. The molecule has 0 saturated heterocycles. The van der Waals surface area contributed by atoms with Gasteiger partial charge in [0.2, 0.25) is 0 Å². The van der Waals surface area contributed by atoms with Crippen LogP contribution in [-0.4, -0.2) is 10.8 Å². The normalized spacial score (nSPS) is 13.2. The summed E-state index contributed by atoms with van der Waals surface area (Å²) in [5.74, 6) is 0.0848. The predicted molar refractivity (Wildman–Crippen MR) is 78.5 cm³/mol. The number of rotatable bonds is 1. The molecule has 1 aliphatic rings. The van der Waals surface area contributed by atoms with Crippen molar-refractivity contribution in [1.82, 2.24) is 4.90 Å². The summed E-state index contributed by atoms with van der Waals surface area (Å²) in [7, 11) is 0. The van der Waals surface area contributed by atoms with Crippen molar-refractivity contribution < 1.29 is 4.79 Å². The SMILES string of the molecule is Cc1scc(C(=O)N2Cc3ccc(C#N)cc3C2)c1C. The topological polar surface area (TPSA) is 44.1 Å². The maximum absolute atomic E-state index is 12.6. The van der Waals surface area contributed by atoms with Crippen LogP contribution in [0.3, 0.4) is 0 Å². The van der Waals surface area contributed by atoms with E-state index in [1.807, 2.05) is 42.3 Å². The van der Waals surface area contributed by atoms with Gasteiger partial charge >= 0.3 is 0 Å². The lowest BCUT2D eigenvalue weighted by Crippen LogP contribution is -2.25. The van der Waals surface area contributed by atoms with Crippen molar-refractivity contribution in [3.05, 3.63) is 56.3 Å². The third-order valence-corrected chi connectivity index (χ3v) is 4.87. The summed E-state index contributed by atoms with van der Waals surface area (Å²) in [6.07, 6.45) is 0. The molecule has 0 unspecified atom stereocenters. The summed E-state index contributed by atoms with van der Waals surface area (Å²) in [6, 6.07) is 7.79. The molecule has 0 spiro atoms. The van der Waals surface area contributed by atoms with E-state index in [9.17, 15) is 4.79 Å². The molecule has 2 aromatic rings. The van der Waals surface area contributed by atoms with Crippen LogP contribution >= 0.6 is 11.3 Å². The third-order valence-electron chi connectivity index (χ3n) is 3.86. The van der Waals surface area contributed by atoms with Crippen molar-refractivity contribution in [3.8, 4) is 6.07 Å². The molecule has 1 amide bonds. The van der Waals surface area contributed by atoms with Crippen molar-refractivity contribution in [1.29, 1.82) is 5.26 Å². The van der Waals surface area contributed by atoms with Crippen molar-refractivity contribution >= 4 is 17.2 Å². The quantitative estimate of drug-likeness (QED) is 0.804. The molecule has 2 heterocycles. The van der Waals surface area contributed by atoms with Gasteiger partial charge in [-0.25, -0.2) is 0 Å². The number of fused-ring (bicyclic) bond motifs is 1. The first-order valence-corrected chi connectivity index (χ1v) is 7.34. The number of amides is 1. The van der Waals surface area contributed by atoms with E-state index in [1.165, 1.54) is 4.88 Å². The second kappa shape index (κ2) is 4.77. The predicted octanol–water partition coefficient (Wildman–Crippen LogP) is 3.39. The molecule has 1 aromatic carbocycles. The number of aryl methyl sites for hydroxylation is 1. The summed E-state index contributed by atoms with van der Waals surface area (Å²) in [6.45, 7) is 5.26. The van der Waals surface area contributed by atoms with Crippen LogP contribution in [0.4, 0.5) is 0 Å². The molecule has 100 valence electrons. The Kier molecular flexibility index (Phi) is 3.07. The summed E-state index contributed by atoms with van der Waals surface area (Å²) in [4.78, 5) is 15.6. The van der Waals surface area contributed by atoms with Crippen LogP contribution in [0.15, 0.2) is 23.6 Å². The Balaban J connectivity index is 1.87. The molecule has 1 aliphatic heterocycles. The van der Waals surface area contributed by atoms with Crippen LogP contribution in [0.25, 0.3) is 0 Å². The van der Waals surface area contributed by atoms with Crippen molar-refractivity contribution in [2.75, 3.05) is 0 Å². The Morgan fingerprint density at radius 1 is 1.30 bits per heavy atom. The molecule has 3 rings (SSSR count). The molecule has 20 heavy (non-hydrogen) atoms. The second-order valence-corrected chi connectivity index (χ2v) is 6.17. The van der Waals surface area contributed by atoms with Gasteiger partial charge in [0.05, 0.1) is 17.2 Å². The number of hydrogen-bond acceptors (Lipinski definition) is 3. The first-order valence-electron chi connectivity index (χ1n) is 6.46. The van der Waals surface area contributed by atoms with Crippen molar-refractivity contribution in [2.45, 2.75) is 26.9 Å². The molecule has 0 bridgehead atoms. The zero-order valence-corrected chi connectivity index (χ0v) is 12.3. The van der Waals surface area contributed by atoms with E-state index in [-0.39, 0.29) is 5.91 Å². The van der Waals surface area contributed by atoms with Crippen LogP contribution in [0.5, 0.6) is 0 Å². The molecule has 0 atom stereocenters. The lowest BCUT2D eigenvalue weighted by Gasteiger charge is -2.15. The third kappa shape index (κ3) is 2.00. The highest BCUT2D eigenvalue weighted by Gasteiger charge is 2.26. The molecule has 1 aromatic heterocycles. The van der Waals surface area contributed by atoms with Crippen LogP contribution in [0.2, 0.25) is 0 Å². The van der Waals surface area contributed by atoms with Gasteiger partial charge in [0, 0.05) is 23.3 Å². The Morgan fingerprint density at radius 2 is 2.05 bits per heavy atom. The molecule has 4 heteroatoms. The summed E-state index contributed by atoms with van der Waals surface area (Å²) in [5, 5.41) is 10.9. The zero-order valence-electron chi connectivity index (χ0n) is 11.4. The van der Waals surface area contributed by atoms with Crippen LogP contribution < -0.4 is 0 Å². The zero-order chi connectivity index (χ0) is 14.3. The molecular weight excluding hydrogens is 268 g/mol. The second-order valence-electron chi connectivity index (χ2n) is 5.09. The Hall–Kier alpha value is -2.12. The minimum absolute atomic E-state index is 0.0848. The number of hydrogen-bond donors (Lipinski definition) is 0. The van der Waals surface area contributed by atoms with E-state index in [0.717, 1.165) is 22.3 Å². The van der Waals surface area contributed by atoms with Gasteiger partial charge in [-0.1, -0.05) is 6.07 Å². The Morgan fingerprint density at radius 3 is 2.70 bits per heavy atom. The number of thiophene rings is 1. The first-order chi connectivity index (χ1) is 9.60. The summed E-state index contributed by atoms with van der Waals surface area (Å²) in [5.41, 5.74) is 4.76. The van der Waals surface area contributed by atoms with Gasteiger partial charge in [-0.15, -0.1) is 11.3 Å². The van der Waals surface area contributed by atoms with E-state index in [2.05, 4.69) is 6.07 Å². The standard InChI is InChI=1S/C16H14N2OS/c1-10-11(2)20-9-15(10)16(19)18-7-13-4-3-12(6-17)5-14(13)8-18/h3-5,9H,7-8H2,1-2H3. The number of nitriles is 1. The average molecular weight is 282 g/mol. The highest BCUT2D eigenvalue weighted by Crippen LogP contribution is 2.28. The highest BCUT2D eigenvalue weighted by atomic mass is 32.1. The number of carbonyl (C=O) groups excluding carboxylic acids is 1. The minimum Gasteiger partial charge on any atom is -0.330 e. The van der Waals surface area contributed by atoms with E-state index in [0.29, 0.717) is 18.7 Å². The van der Waals surface area contributed by atoms with Crippen LogP contribution in [-0.2, 0) is 13.1 Å². The number of benzene rings is 1. The van der Waals surface area contributed by atoms with Gasteiger partial charge in [-0.2, -0.15) is 5.26 Å². The number of nitrogens with zero attached hydrogens (tertiary/aromatic N) is 2. The van der Waals surface area contributed by atoms with Gasteiger partial charge < -0.3 is 4.90 Å². The fourth-order valence-corrected chi connectivity index (χ4v) is 3.36. The van der Waals surface area contributed by atoms with Crippen molar-refractivity contribution in [2.24, 2.45) is 0 Å². The maximum atomic E-state index is 12.6. The maximum Gasteiger partial charge on any atom is 0.255 e. The van der Waals surface area contributed by atoms with E-state index in [1.54, 1.807) is 11.3 Å².